The van der Waals surface area contributed by atoms with Gasteiger partial charge < -0.3 is 4.57 Å². The molecule has 6 rings (SSSR count). The van der Waals surface area contributed by atoms with E-state index in [4.69, 9.17) is 4.99 Å². The standard InChI is InChI=1S/C30H22N2S/c1-3-4-10-20(2)31-21-17-18-27-25(19-21)22-11-5-7-14-26(22)32(27)28-15-9-13-24-23-12-6-8-16-29(23)33-30(24)28/h3-19H,1H2,2H3/b10-4-,31-20?. The third-order valence-electron chi connectivity index (χ3n) is 6.06. The number of aliphatic imine (C=N–C) groups is 1. The Morgan fingerprint density at radius 3 is 2.45 bits per heavy atom. The molecule has 0 spiro atoms. The van der Waals surface area contributed by atoms with Crippen LogP contribution in [0.25, 0.3) is 47.7 Å². The summed E-state index contributed by atoms with van der Waals surface area (Å²) in [6.07, 6.45) is 5.65. The molecule has 158 valence electrons. The Kier molecular flexibility index (Phi) is 4.70. The molecule has 0 aliphatic rings. The minimum atomic E-state index is 0.952. The number of rotatable bonds is 4. The summed E-state index contributed by atoms with van der Waals surface area (Å²) in [5, 5.41) is 5.08. The van der Waals surface area contributed by atoms with E-state index in [0.717, 1.165) is 11.4 Å². The van der Waals surface area contributed by atoms with Crippen molar-refractivity contribution in [3.8, 4) is 5.69 Å². The van der Waals surface area contributed by atoms with Crippen LogP contribution in [0.15, 0.2) is 115 Å². The summed E-state index contributed by atoms with van der Waals surface area (Å²) in [6.45, 7) is 5.75. The smallest absolute Gasteiger partial charge is 0.0640 e. The van der Waals surface area contributed by atoms with Crippen LogP contribution in [0.5, 0.6) is 0 Å². The van der Waals surface area contributed by atoms with Crippen molar-refractivity contribution in [2.24, 2.45) is 4.99 Å². The highest BCUT2D eigenvalue weighted by Gasteiger charge is 2.16. The third kappa shape index (κ3) is 3.21. The predicted octanol–water partition coefficient (Wildman–Crippen LogP) is 8.99. The number of aromatic nitrogens is 1. The molecule has 0 amide bonds. The number of allylic oxidation sites excluding steroid dienone is 3. The van der Waals surface area contributed by atoms with E-state index < -0.39 is 0 Å². The molecule has 0 aliphatic heterocycles. The van der Waals surface area contributed by atoms with E-state index in [1.165, 1.54) is 47.7 Å². The van der Waals surface area contributed by atoms with E-state index in [2.05, 4.69) is 96.1 Å². The van der Waals surface area contributed by atoms with Gasteiger partial charge in [0.1, 0.15) is 0 Å². The normalized spacial score (nSPS) is 12.6. The summed E-state index contributed by atoms with van der Waals surface area (Å²) >= 11 is 1.86. The quantitative estimate of drug-likeness (QED) is 0.191. The van der Waals surface area contributed by atoms with Crippen molar-refractivity contribution in [3.63, 3.8) is 0 Å². The minimum Gasteiger partial charge on any atom is -0.308 e. The first-order chi connectivity index (χ1) is 16.2. The molecule has 0 N–H and O–H groups in total. The van der Waals surface area contributed by atoms with Gasteiger partial charge in [-0.1, -0.05) is 67.3 Å². The molecular weight excluding hydrogens is 420 g/mol. The highest BCUT2D eigenvalue weighted by Crippen LogP contribution is 2.41. The molecule has 0 unspecified atom stereocenters. The van der Waals surface area contributed by atoms with Gasteiger partial charge >= 0.3 is 0 Å². The molecule has 0 atom stereocenters. The van der Waals surface area contributed by atoms with E-state index in [0.29, 0.717) is 0 Å². The molecule has 0 saturated heterocycles. The summed E-state index contributed by atoms with van der Waals surface area (Å²) < 4.78 is 5.04. The van der Waals surface area contributed by atoms with Gasteiger partial charge in [-0.15, -0.1) is 11.3 Å². The van der Waals surface area contributed by atoms with Gasteiger partial charge in [-0.3, -0.25) is 4.99 Å². The lowest BCUT2D eigenvalue weighted by Crippen LogP contribution is -1.93. The maximum atomic E-state index is 4.79. The van der Waals surface area contributed by atoms with Crippen molar-refractivity contribution >= 4 is 64.7 Å². The predicted molar refractivity (Wildman–Crippen MR) is 146 cm³/mol. The second kappa shape index (κ2) is 7.88. The van der Waals surface area contributed by atoms with Crippen LogP contribution in [-0.2, 0) is 0 Å². The van der Waals surface area contributed by atoms with Gasteiger partial charge in [0.05, 0.1) is 27.1 Å². The maximum Gasteiger partial charge on any atom is 0.0640 e. The number of benzene rings is 4. The fourth-order valence-electron chi connectivity index (χ4n) is 4.65. The summed E-state index contributed by atoms with van der Waals surface area (Å²) in [4.78, 5) is 4.79. The van der Waals surface area contributed by atoms with Crippen molar-refractivity contribution in [1.82, 2.24) is 4.57 Å². The SMILES string of the molecule is C=C/C=C\C(C)=Nc1ccc2c(c1)c1ccccc1n2-c1cccc2c1sc1ccccc12. The topological polar surface area (TPSA) is 17.3 Å². The zero-order valence-electron chi connectivity index (χ0n) is 18.3. The Morgan fingerprint density at radius 2 is 1.58 bits per heavy atom. The Bertz CT molecular complexity index is 1740. The van der Waals surface area contributed by atoms with Crippen LogP contribution < -0.4 is 0 Å². The molecule has 0 bridgehead atoms. The van der Waals surface area contributed by atoms with Gasteiger partial charge in [-0.25, -0.2) is 0 Å². The Morgan fingerprint density at radius 1 is 0.818 bits per heavy atom. The molecule has 6 aromatic rings. The van der Waals surface area contributed by atoms with Crippen LogP contribution in [0.4, 0.5) is 5.69 Å². The largest absolute Gasteiger partial charge is 0.308 e. The fourth-order valence-corrected chi connectivity index (χ4v) is 5.85. The molecule has 0 radical (unpaired) electrons. The van der Waals surface area contributed by atoms with Gasteiger partial charge in [-0.2, -0.15) is 0 Å². The van der Waals surface area contributed by atoms with Crippen LogP contribution >= 0.6 is 11.3 Å². The number of para-hydroxylation sites is 1. The van der Waals surface area contributed by atoms with Gasteiger partial charge in [-0.05, 0) is 49.4 Å². The van der Waals surface area contributed by atoms with Crippen molar-refractivity contribution in [2.75, 3.05) is 0 Å². The Hall–Kier alpha value is -3.95. The number of hydrogen-bond donors (Lipinski definition) is 0. The van der Waals surface area contributed by atoms with Crippen LogP contribution in [-0.4, -0.2) is 10.3 Å². The van der Waals surface area contributed by atoms with Crippen molar-refractivity contribution in [1.29, 1.82) is 0 Å². The Balaban J connectivity index is 1.65. The van der Waals surface area contributed by atoms with Crippen LogP contribution in [0.3, 0.4) is 0 Å². The van der Waals surface area contributed by atoms with E-state index in [9.17, 15) is 0 Å². The third-order valence-corrected chi connectivity index (χ3v) is 7.27. The Labute approximate surface area is 196 Å². The van der Waals surface area contributed by atoms with Crippen LogP contribution in [0.2, 0.25) is 0 Å². The van der Waals surface area contributed by atoms with Gasteiger partial charge in [0.15, 0.2) is 0 Å². The van der Waals surface area contributed by atoms with Crippen molar-refractivity contribution < 1.29 is 0 Å². The molecule has 0 fully saturated rings. The molecule has 4 aromatic carbocycles. The highest BCUT2D eigenvalue weighted by molar-refractivity contribution is 7.26. The first kappa shape index (κ1) is 19.7. The molecule has 33 heavy (non-hydrogen) atoms. The fraction of sp³-hybridized carbons (Fsp3) is 0.0333. The molecule has 0 aliphatic carbocycles. The lowest BCUT2D eigenvalue weighted by molar-refractivity contribution is 1.20. The van der Waals surface area contributed by atoms with Gasteiger partial charge in [0, 0.05) is 32.0 Å². The zero-order chi connectivity index (χ0) is 22.4. The molecule has 2 nitrogen and oxygen atoms in total. The lowest BCUT2D eigenvalue weighted by Gasteiger charge is -2.09. The lowest BCUT2D eigenvalue weighted by atomic mass is 10.1. The monoisotopic (exact) mass is 442 g/mol. The summed E-state index contributed by atoms with van der Waals surface area (Å²) in [7, 11) is 0. The summed E-state index contributed by atoms with van der Waals surface area (Å²) in [5.74, 6) is 0. The number of hydrogen-bond acceptors (Lipinski definition) is 2. The van der Waals surface area contributed by atoms with E-state index in [-0.39, 0.29) is 0 Å². The number of fused-ring (bicyclic) bond motifs is 6. The molecule has 2 aromatic heterocycles. The van der Waals surface area contributed by atoms with Crippen LogP contribution in [0, 0.1) is 0 Å². The van der Waals surface area contributed by atoms with Crippen molar-refractivity contribution in [2.45, 2.75) is 6.92 Å². The molecule has 2 heterocycles. The first-order valence-electron chi connectivity index (χ1n) is 11.0. The molecule has 0 saturated carbocycles. The molecular formula is C30H22N2S. The van der Waals surface area contributed by atoms with E-state index in [1.807, 2.05) is 30.4 Å². The summed E-state index contributed by atoms with van der Waals surface area (Å²) in [5.41, 5.74) is 5.53. The van der Waals surface area contributed by atoms with E-state index >= 15 is 0 Å². The zero-order valence-corrected chi connectivity index (χ0v) is 19.1. The first-order valence-corrected chi connectivity index (χ1v) is 11.8. The van der Waals surface area contributed by atoms with E-state index in [1.54, 1.807) is 6.08 Å². The second-order valence-corrected chi connectivity index (χ2v) is 9.21. The molecule has 3 heteroatoms. The maximum absolute atomic E-state index is 4.79. The van der Waals surface area contributed by atoms with Gasteiger partial charge in [0.25, 0.3) is 0 Å². The number of nitrogens with zero attached hydrogens (tertiary/aromatic N) is 2. The number of thiophene rings is 1. The summed E-state index contributed by atoms with van der Waals surface area (Å²) in [6, 6.07) is 30.5. The average Bonchev–Trinajstić information content (AvgIpc) is 3.38. The highest BCUT2D eigenvalue weighted by atomic mass is 32.1. The average molecular weight is 443 g/mol. The minimum absolute atomic E-state index is 0.952. The van der Waals surface area contributed by atoms with Gasteiger partial charge in [0.2, 0.25) is 0 Å². The van der Waals surface area contributed by atoms with Crippen LogP contribution in [0.1, 0.15) is 6.92 Å². The van der Waals surface area contributed by atoms with Crippen molar-refractivity contribution in [3.05, 3.63) is 110 Å². The second-order valence-electron chi connectivity index (χ2n) is 8.15.